The molecule has 3 heterocycles. The molecule has 1 aliphatic heterocycles. The van der Waals surface area contributed by atoms with Crippen molar-refractivity contribution in [2.24, 2.45) is 11.8 Å². The van der Waals surface area contributed by atoms with Crippen LogP contribution in [0, 0.1) is 18.8 Å². The fourth-order valence-corrected chi connectivity index (χ4v) is 3.67. The predicted molar refractivity (Wildman–Crippen MR) is 83.5 cm³/mol. The molecule has 0 aromatic carbocycles. The Morgan fingerprint density at radius 2 is 2.00 bits per heavy atom. The molecule has 1 N–H and O–H groups in total. The molecule has 0 radical (unpaired) electrons. The van der Waals surface area contributed by atoms with Gasteiger partial charge in [0, 0.05) is 24.1 Å². The van der Waals surface area contributed by atoms with Crippen molar-refractivity contribution < 1.29 is 4.90 Å². The zero-order chi connectivity index (χ0) is 15.0. The van der Waals surface area contributed by atoms with Crippen LogP contribution in [-0.2, 0) is 6.54 Å². The third-order valence-electron chi connectivity index (χ3n) is 4.37. The number of aryl methyl sites for hydroxylation is 1. The Hall–Kier alpha value is -1.68. The van der Waals surface area contributed by atoms with E-state index in [9.17, 15) is 4.79 Å². The third kappa shape index (κ3) is 3.16. The van der Waals surface area contributed by atoms with Crippen LogP contribution in [0.3, 0.4) is 0 Å². The van der Waals surface area contributed by atoms with Crippen molar-refractivity contribution >= 4 is 5.65 Å². The van der Waals surface area contributed by atoms with Crippen LogP contribution in [0.5, 0.6) is 0 Å². The summed E-state index contributed by atoms with van der Waals surface area (Å²) in [5, 5.41) is 0. The Morgan fingerprint density at radius 3 is 2.71 bits per heavy atom. The molecule has 0 spiro atoms. The molecule has 0 unspecified atom stereocenters. The Balaban J connectivity index is 1.87. The molecule has 1 fully saturated rings. The highest BCUT2D eigenvalue weighted by Gasteiger charge is 2.25. The summed E-state index contributed by atoms with van der Waals surface area (Å²) in [5.74, 6) is 1.51. The van der Waals surface area contributed by atoms with E-state index in [1.54, 1.807) is 15.4 Å². The molecule has 1 aliphatic rings. The van der Waals surface area contributed by atoms with Gasteiger partial charge in [-0.1, -0.05) is 19.9 Å². The van der Waals surface area contributed by atoms with Crippen LogP contribution in [0.4, 0.5) is 0 Å². The van der Waals surface area contributed by atoms with Crippen LogP contribution in [0.2, 0.25) is 0 Å². The van der Waals surface area contributed by atoms with Crippen molar-refractivity contribution in [1.29, 1.82) is 0 Å². The molecule has 112 valence electrons. The van der Waals surface area contributed by atoms with Crippen molar-refractivity contribution in [2.45, 2.75) is 33.7 Å². The van der Waals surface area contributed by atoms with Crippen molar-refractivity contribution in [2.75, 3.05) is 13.1 Å². The largest absolute Gasteiger partial charge is 0.329 e. The summed E-state index contributed by atoms with van der Waals surface area (Å²) in [6.45, 7) is 9.84. The highest BCUT2D eigenvalue weighted by Crippen LogP contribution is 2.12. The molecule has 2 aromatic heterocycles. The molecule has 0 bridgehead atoms. The smallest absolute Gasteiger partial charge is 0.258 e. The fraction of sp³-hybridized carbons (Fsp3) is 0.529. The number of pyridine rings is 1. The van der Waals surface area contributed by atoms with Crippen LogP contribution < -0.4 is 10.5 Å². The first-order valence-electron chi connectivity index (χ1n) is 7.84. The summed E-state index contributed by atoms with van der Waals surface area (Å²) in [7, 11) is 0. The van der Waals surface area contributed by atoms with E-state index in [1.165, 1.54) is 19.5 Å². The van der Waals surface area contributed by atoms with Crippen LogP contribution >= 0.6 is 0 Å². The summed E-state index contributed by atoms with van der Waals surface area (Å²) in [4.78, 5) is 18.4. The number of rotatable bonds is 2. The van der Waals surface area contributed by atoms with Crippen LogP contribution in [0.1, 0.15) is 31.5 Å². The summed E-state index contributed by atoms with van der Waals surface area (Å²) < 4.78 is 1.63. The lowest BCUT2D eigenvalue weighted by Crippen LogP contribution is -3.13. The first-order valence-corrected chi connectivity index (χ1v) is 7.84. The van der Waals surface area contributed by atoms with Gasteiger partial charge < -0.3 is 4.90 Å². The maximum absolute atomic E-state index is 12.2. The molecule has 3 rings (SSSR count). The second-order valence-corrected chi connectivity index (χ2v) is 6.80. The second kappa shape index (κ2) is 5.60. The zero-order valence-corrected chi connectivity index (χ0v) is 13.1. The van der Waals surface area contributed by atoms with Gasteiger partial charge in [-0.15, -0.1) is 0 Å². The van der Waals surface area contributed by atoms with Crippen molar-refractivity contribution in [3.05, 3.63) is 46.0 Å². The van der Waals surface area contributed by atoms with Gasteiger partial charge in [-0.05, 0) is 25.0 Å². The van der Waals surface area contributed by atoms with E-state index in [2.05, 4.69) is 18.8 Å². The topological polar surface area (TPSA) is 38.8 Å². The molecule has 2 aromatic rings. The van der Waals surface area contributed by atoms with Gasteiger partial charge in [0.15, 0.2) is 0 Å². The van der Waals surface area contributed by atoms with Gasteiger partial charge in [-0.25, -0.2) is 4.98 Å². The average Bonchev–Trinajstić information content (AvgIpc) is 2.38. The van der Waals surface area contributed by atoms with Gasteiger partial charge in [-0.2, -0.15) is 0 Å². The minimum atomic E-state index is 0.0243. The summed E-state index contributed by atoms with van der Waals surface area (Å²) in [6, 6.07) is 5.63. The maximum Gasteiger partial charge on any atom is 0.258 e. The zero-order valence-electron chi connectivity index (χ0n) is 13.1. The Labute approximate surface area is 125 Å². The number of aromatic nitrogens is 2. The predicted octanol–water partition coefficient (Wildman–Crippen LogP) is 1.06. The normalized spacial score (nSPS) is 26.1. The van der Waals surface area contributed by atoms with E-state index in [-0.39, 0.29) is 5.56 Å². The number of hydrogen-bond acceptors (Lipinski definition) is 2. The van der Waals surface area contributed by atoms with Gasteiger partial charge in [-0.3, -0.25) is 9.20 Å². The van der Waals surface area contributed by atoms with E-state index in [0.29, 0.717) is 0 Å². The Bertz CT molecular complexity index is 697. The number of piperidine rings is 1. The summed E-state index contributed by atoms with van der Waals surface area (Å²) in [5.41, 5.74) is 2.76. The number of nitrogens with zero attached hydrogens (tertiary/aromatic N) is 2. The lowest BCUT2D eigenvalue weighted by molar-refractivity contribution is -0.926. The number of nitrogens with one attached hydrogen (secondary N) is 1. The van der Waals surface area contributed by atoms with Crippen molar-refractivity contribution in [3.8, 4) is 0 Å². The van der Waals surface area contributed by atoms with E-state index in [1.807, 2.05) is 25.3 Å². The molecule has 21 heavy (non-hydrogen) atoms. The highest BCUT2D eigenvalue weighted by molar-refractivity contribution is 5.39. The SMILES string of the molecule is Cc1ccc2nc(C[NH+]3C[C@@H](C)C[C@H](C)C3)cc(=O)n2c1. The molecule has 0 aliphatic carbocycles. The van der Waals surface area contributed by atoms with E-state index >= 15 is 0 Å². The van der Waals surface area contributed by atoms with Crippen LogP contribution in [-0.4, -0.2) is 22.5 Å². The first-order chi connectivity index (χ1) is 10.0. The molecule has 0 saturated carbocycles. The molecule has 1 saturated heterocycles. The molecule has 0 amide bonds. The first kappa shape index (κ1) is 14.3. The second-order valence-electron chi connectivity index (χ2n) is 6.80. The lowest BCUT2D eigenvalue weighted by Gasteiger charge is -2.31. The van der Waals surface area contributed by atoms with Gasteiger partial charge in [0.25, 0.3) is 5.56 Å². The number of hydrogen-bond donors (Lipinski definition) is 1. The number of quaternary nitrogens is 1. The maximum atomic E-state index is 12.2. The molecule has 4 nitrogen and oxygen atoms in total. The average molecular weight is 286 g/mol. The summed E-state index contributed by atoms with van der Waals surface area (Å²) >= 11 is 0. The lowest BCUT2D eigenvalue weighted by atomic mass is 9.92. The Morgan fingerprint density at radius 1 is 1.29 bits per heavy atom. The Kier molecular flexibility index (Phi) is 3.81. The summed E-state index contributed by atoms with van der Waals surface area (Å²) in [6.07, 6.45) is 3.17. The molecule has 2 atom stereocenters. The number of fused-ring (bicyclic) bond motifs is 1. The van der Waals surface area contributed by atoms with Crippen LogP contribution in [0.25, 0.3) is 5.65 Å². The monoisotopic (exact) mass is 286 g/mol. The van der Waals surface area contributed by atoms with Gasteiger partial charge in [0.2, 0.25) is 0 Å². The minimum absolute atomic E-state index is 0.0243. The standard InChI is InChI=1S/C17H23N3O/c1-12-4-5-16-18-15(7-17(21)20(16)10-12)11-19-8-13(2)6-14(3)9-19/h4-5,7,10,13-14H,6,8-9,11H2,1-3H3/p+1/t13-,14-/m0/s1. The fourth-order valence-electron chi connectivity index (χ4n) is 3.67. The van der Waals surface area contributed by atoms with E-state index < -0.39 is 0 Å². The van der Waals surface area contributed by atoms with E-state index in [4.69, 9.17) is 0 Å². The van der Waals surface area contributed by atoms with Crippen LogP contribution in [0.15, 0.2) is 29.2 Å². The quantitative estimate of drug-likeness (QED) is 0.897. The number of likely N-dealkylation sites (tertiary alicyclic amines) is 1. The molecule has 4 heteroatoms. The molecular formula is C17H24N3O+. The molecular weight excluding hydrogens is 262 g/mol. The van der Waals surface area contributed by atoms with Crippen molar-refractivity contribution in [1.82, 2.24) is 9.38 Å². The highest BCUT2D eigenvalue weighted by atomic mass is 16.1. The third-order valence-corrected chi connectivity index (χ3v) is 4.37. The van der Waals surface area contributed by atoms with Gasteiger partial charge in [0.1, 0.15) is 17.9 Å². The minimum Gasteiger partial charge on any atom is -0.329 e. The van der Waals surface area contributed by atoms with E-state index in [0.717, 1.165) is 35.3 Å². The van der Waals surface area contributed by atoms with Crippen molar-refractivity contribution in [3.63, 3.8) is 0 Å². The van der Waals surface area contributed by atoms with Gasteiger partial charge in [0.05, 0.1) is 13.1 Å². The van der Waals surface area contributed by atoms with Gasteiger partial charge >= 0.3 is 0 Å².